The second kappa shape index (κ2) is 8.63. The first kappa shape index (κ1) is 21.1. The predicted octanol–water partition coefficient (Wildman–Crippen LogP) is 2.61. The molecule has 7 heteroatoms. The molecule has 146 valence electrons. The van der Waals surface area contributed by atoms with Crippen LogP contribution in [0.5, 0.6) is 0 Å². The van der Waals surface area contributed by atoms with Crippen LogP contribution >= 0.6 is 0 Å². The molecule has 2 aromatic rings. The Kier molecular flexibility index (Phi) is 6.73. The Morgan fingerprint density at radius 1 is 1.00 bits per heavy atom. The van der Waals surface area contributed by atoms with Gasteiger partial charge in [-0.15, -0.1) is 0 Å². The second-order valence-electron chi connectivity index (χ2n) is 6.74. The number of aromatic nitrogens is 1. The van der Waals surface area contributed by atoms with Gasteiger partial charge in [-0.25, -0.2) is 13.1 Å². The Balaban J connectivity index is 2.00. The van der Waals surface area contributed by atoms with Crippen molar-refractivity contribution in [3.63, 3.8) is 0 Å². The number of amides is 1. The maximum atomic E-state index is 12.8. The zero-order chi connectivity index (χ0) is 20.2. The molecule has 0 atom stereocenters. The summed E-state index contributed by atoms with van der Waals surface area (Å²) in [4.78, 5) is 16.3. The maximum absolute atomic E-state index is 12.8. The van der Waals surface area contributed by atoms with Gasteiger partial charge in [0.05, 0.1) is 4.90 Å². The van der Waals surface area contributed by atoms with E-state index in [9.17, 15) is 13.2 Å². The quantitative estimate of drug-likeness (QED) is 0.762. The highest BCUT2D eigenvalue weighted by molar-refractivity contribution is 7.89. The maximum Gasteiger partial charge on any atom is 0.241 e. The van der Waals surface area contributed by atoms with Gasteiger partial charge in [0.2, 0.25) is 15.9 Å². The molecule has 0 aliphatic heterocycles. The minimum atomic E-state index is -3.69. The highest BCUT2D eigenvalue weighted by Gasteiger charge is 2.23. The van der Waals surface area contributed by atoms with Gasteiger partial charge in [0.25, 0.3) is 0 Å². The summed E-state index contributed by atoms with van der Waals surface area (Å²) in [5.74, 6) is -0.216. The van der Waals surface area contributed by atoms with Crippen molar-refractivity contribution in [1.29, 1.82) is 0 Å². The topological polar surface area (TPSA) is 88.2 Å². The molecule has 0 saturated heterocycles. The molecule has 0 bridgehead atoms. The highest BCUT2D eigenvalue weighted by atomic mass is 32.2. The molecule has 2 N–H and O–H groups in total. The molecule has 0 aliphatic carbocycles. The van der Waals surface area contributed by atoms with Crippen LogP contribution in [0, 0.1) is 34.6 Å². The van der Waals surface area contributed by atoms with E-state index in [2.05, 4.69) is 15.0 Å². The molecule has 0 unspecified atom stereocenters. The van der Waals surface area contributed by atoms with E-state index < -0.39 is 10.0 Å². The highest BCUT2D eigenvalue weighted by Crippen LogP contribution is 2.29. The van der Waals surface area contributed by atoms with Crippen LogP contribution in [0.15, 0.2) is 29.4 Å². The number of hydrogen-bond donors (Lipinski definition) is 2. The van der Waals surface area contributed by atoms with Gasteiger partial charge in [-0.2, -0.15) is 0 Å². The minimum absolute atomic E-state index is 0.0477. The number of pyridine rings is 1. The summed E-state index contributed by atoms with van der Waals surface area (Å²) in [6.07, 6.45) is 3.41. The number of carbonyl (C=O) groups is 1. The number of nitrogens with zero attached hydrogens (tertiary/aromatic N) is 1. The fraction of sp³-hybridized carbons (Fsp3) is 0.400. The largest absolute Gasteiger partial charge is 0.352 e. The van der Waals surface area contributed by atoms with Gasteiger partial charge >= 0.3 is 0 Å². The molecule has 2 rings (SSSR count). The van der Waals surface area contributed by atoms with Gasteiger partial charge in [-0.3, -0.25) is 9.78 Å². The molecular weight excluding hydrogens is 362 g/mol. The van der Waals surface area contributed by atoms with E-state index in [0.29, 0.717) is 11.4 Å². The zero-order valence-electron chi connectivity index (χ0n) is 16.5. The van der Waals surface area contributed by atoms with Gasteiger partial charge in [0.15, 0.2) is 0 Å². The second-order valence-corrected chi connectivity index (χ2v) is 8.44. The number of carbonyl (C=O) groups excluding carboxylic acids is 1. The average Bonchev–Trinajstić information content (AvgIpc) is 2.63. The van der Waals surface area contributed by atoms with E-state index in [0.717, 1.165) is 33.4 Å². The molecule has 0 aliphatic rings. The third-order valence-corrected chi connectivity index (χ3v) is 6.79. The molecule has 0 saturated carbocycles. The summed E-state index contributed by atoms with van der Waals surface area (Å²) in [7, 11) is -3.69. The van der Waals surface area contributed by atoms with Gasteiger partial charge in [-0.05, 0) is 74.1 Å². The molecule has 0 fully saturated rings. The van der Waals surface area contributed by atoms with Crippen molar-refractivity contribution in [3.05, 3.63) is 57.9 Å². The first-order valence-electron chi connectivity index (χ1n) is 8.87. The monoisotopic (exact) mass is 389 g/mol. The summed E-state index contributed by atoms with van der Waals surface area (Å²) in [5, 5.41) is 2.76. The number of hydrogen-bond acceptors (Lipinski definition) is 4. The number of benzene rings is 1. The van der Waals surface area contributed by atoms with Crippen LogP contribution in [-0.4, -0.2) is 25.9 Å². The predicted molar refractivity (Wildman–Crippen MR) is 106 cm³/mol. The average molecular weight is 390 g/mol. The van der Waals surface area contributed by atoms with Crippen molar-refractivity contribution in [1.82, 2.24) is 15.0 Å². The van der Waals surface area contributed by atoms with Crippen molar-refractivity contribution in [2.45, 2.75) is 52.5 Å². The zero-order valence-corrected chi connectivity index (χ0v) is 17.3. The molecular formula is C20H27N3O3S. The van der Waals surface area contributed by atoms with E-state index in [1.54, 1.807) is 18.5 Å². The van der Waals surface area contributed by atoms with Crippen molar-refractivity contribution in [2.75, 3.05) is 6.54 Å². The molecule has 1 heterocycles. The molecule has 1 aromatic carbocycles. The lowest BCUT2D eigenvalue weighted by molar-refractivity contribution is -0.121. The van der Waals surface area contributed by atoms with Gasteiger partial charge in [0, 0.05) is 31.9 Å². The first-order valence-corrected chi connectivity index (χ1v) is 10.4. The third kappa shape index (κ3) is 4.93. The molecule has 0 radical (unpaired) electrons. The summed E-state index contributed by atoms with van der Waals surface area (Å²) >= 11 is 0. The van der Waals surface area contributed by atoms with Crippen LogP contribution in [0.25, 0.3) is 0 Å². The Morgan fingerprint density at radius 2 is 1.59 bits per heavy atom. The van der Waals surface area contributed by atoms with Crippen molar-refractivity contribution < 1.29 is 13.2 Å². The van der Waals surface area contributed by atoms with Crippen LogP contribution < -0.4 is 10.0 Å². The number of rotatable bonds is 7. The van der Waals surface area contributed by atoms with Crippen LogP contribution in [0.3, 0.4) is 0 Å². The Morgan fingerprint density at radius 3 is 2.15 bits per heavy atom. The first-order chi connectivity index (χ1) is 12.6. The Hall–Kier alpha value is -2.25. The van der Waals surface area contributed by atoms with E-state index >= 15 is 0 Å². The van der Waals surface area contributed by atoms with Crippen molar-refractivity contribution in [3.8, 4) is 0 Å². The van der Waals surface area contributed by atoms with Crippen molar-refractivity contribution in [2.24, 2.45) is 0 Å². The Labute approximate surface area is 161 Å². The smallest absolute Gasteiger partial charge is 0.241 e. The molecule has 6 nitrogen and oxygen atoms in total. The number of sulfonamides is 1. The van der Waals surface area contributed by atoms with Crippen LogP contribution in [0.2, 0.25) is 0 Å². The minimum Gasteiger partial charge on any atom is -0.352 e. The summed E-state index contributed by atoms with van der Waals surface area (Å²) in [5.41, 5.74) is 5.47. The van der Waals surface area contributed by atoms with E-state index in [1.165, 1.54) is 0 Å². The lowest BCUT2D eigenvalue weighted by atomic mass is 9.95. The van der Waals surface area contributed by atoms with Crippen LogP contribution in [-0.2, 0) is 21.4 Å². The fourth-order valence-electron chi connectivity index (χ4n) is 3.03. The van der Waals surface area contributed by atoms with Crippen LogP contribution in [0.1, 0.15) is 39.8 Å². The SMILES string of the molecule is Cc1c(C)c(C)c(S(=O)(=O)NCCC(=O)NCc2cccnc2)c(C)c1C. The Bertz CT molecular complexity index is 910. The molecule has 0 spiro atoms. The molecule has 1 amide bonds. The normalized spacial score (nSPS) is 11.4. The van der Waals surface area contributed by atoms with E-state index in [-0.39, 0.29) is 18.9 Å². The van der Waals surface area contributed by atoms with E-state index in [4.69, 9.17) is 0 Å². The summed E-state index contributed by atoms with van der Waals surface area (Å²) in [6, 6.07) is 3.66. The van der Waals surface area contributed by atoms with E-state index in [1.807, 2.05) is 40.7 Å². The number of nitrogens with one attached hydrogen (secondary N) is 2. The lowest BCUT2D eigenvalue weighted by Crippen LogP contribution is -2.31. The van der Waals surface area contributed by atoms with Gasteiger partial charge in [0.1, 0.15) is 0 Å². The lowest BCUT2D eigenvalue weighted by Gasteiger charge is -2.19. The summed E-state index contributed by atoms with van der Waals surface area (Å²) in [6.45, 7) is 9.93. The van der Waals surface area contributed by atoms with Crippen LogP contribution in [0.4, 0.5) is 0 Å². The molecule has 27 heavy (non-hydrogen) atoms. The molecule has 1 aromatic heterocycles. The van der Waals surface area contributed by atoms with Crippen molar-refractivity contribution >= 4 is 15.9 Å². The standard InChI is InChI=1S/C20H27N3O3S/c1-13-14(2)16(4)20(17(5)15(13)3)27(25,26)23-10-8-19(24)22-12-18-7-6-9-21-11-18/h6-7,9,11,23H,8,10,12H2,1-5H3,(H,22,24). The third-order valence-electron chi connectivity index (χ3n) is 5.06. The van der Waals surface area contributed by atoms with Gasteiger partial charge in [-0.1, -0.05) is 6.07 Å². The summed E-state index contributed by atoms with van der Waals surface area (Å²) < 4.78 is 28.2. The van der Waals surface area contributed by atoms with Gasteiger partial charge < -0.3 is 5.32 Å². The fourth-order valence-corrected chi connectivity index (χ4v) is 4.66.